The van der Waals surface area contributed by atoms with Crippen molar-refractivity contribution in [1.29, 1.82) is 0 Å². The van der Waals surface area contributed by atoms with Gasteiger partial charge in [-0.15, -0.1) is 0 Å². The number of primary amides is 1. The smallest absolute Gasteiger partial charge is 0.324 e. The number of benzene rings is 1. The van der Waals surface area contributed by atoms with Crippen LogP contribution in [0.25, 0.3) is 0 Å². The number of phenolic OH excluding ortho intramolecular Hbond substituents is 1. The van der Waals surface area contributed by atoms with Crippen molar-refractivity contribution in [3.63, 3.8) is 0 Å². The zero-order chi connectivity index (χ0) is 25.3. The molecule has 1 spiro atoms. The third-order valence-electron chi connectivity index (χ3n) is 8.57. The molecule has 5 rings (SSSR count). The maximum Gasteiger partial charge on any atom is 0.324 e. The summed E-state index contributed by atoms with van der Waals surface area (Å²) in [5.74, 6) is -0.452. The molecule has 2 aliphatic heterocycles. The van der Waals surface area contributed by atoms with Gasteiger partial charge < -0.3 is 30.0 Å². The topological polar surface area (TPSA) is 123 Å². The maximum absolute atomic E-state index is 13.0. The van der Waals surface area contributed by atoms with E-state index in [0.717, 1.165) is 31.4 Å². The van der Waals surface area contributed by atoms with Gasteiger partial charge in [-0.3, -0.25) is 14.9 Å². The van der Waals surface area contributed by atoms with Gasteiger partial charge in [-0.1, -0.05) is 6.07 Å². The van der Waals surface area contributed by atoms with Gasteiger partial charge in [-0.05, 0) is 71.7 Å². The van der Waals surface area contributed by atoms with Gasteiger partial charge in [0.05, 0.1) is 17.4 Å². The second kappa shape index (κ2) is 8.08. The third-order valence-corrected chi connectivity index (χ3v) is 8.57. The van der Waals surface area contributed by atoms with E-state index in [1.807, 2.05) is 6.07 Å². The Balaban J connectivity index is 1.56. The van der Waals surface area contributed by atoms with Crippen molar-refractivity contribution in [3.8, 4) is 11.5 Å². The number of nitrogens with one attached hydrogen (secondary N) is 1. The van der Waals surface area contributed by atoms with Crippen LogP contribution in [0.1, 0.15) is 57.6 Å². The third kappa shape index (κ3) is 3.46. The van der Waals surface area contributed by atoms with E-state index in [2.05, 4.69) is 17.3 Å². The molecule has 2 unspecified atom stereocenters. The van der Waals surface area contributed by atoms with Crippen LogP contribution in [0.3, 0.4) is 0 Å². The molecule has 192 valence electrons. The number of hydrogen-bond donors (Lipinski definition) is 3. The number of likely N-dealkylation sites (tertiary alicyclic amines) is 1. The van der Waals surface area contributed by atoms with Crippen LogP contribution < -0.4 is 15.8 Å². The van der Waals surface area contributed by atoms with Gasteiger partial charge >= 0.3 is 5.97 Å². The van der Waals surface area contributed by atoms with E-state index < -0.39 is 34.5 Å². The first-order valence-electron chi connectivity index (χ1n) is 12.5. The van der Waals surface area contributed by atoms with E-state index in [1.165, 1.54) is 5.56 Å². The van der Waals surface area contributed by atoms with Crippen molar-refractivity contribution >= 4 is 11.9 Å². The first-order chi connectivity index (χ1) is 16.4. The van der Waals surface area contributed by atoms with Crippen LogP contribution in [0.15, 0.2) is 12.1 Å². The summed E-state index contributed by atoms with van der Waals surface area (Å²) in [5.41, 5.74) is 6.06. The summed E-state index contributed by atoms with van der Waals surface area (Å²) in [4.78, 5) is 27.3. The molecule has 1 aromatic rings. The molecule has 0 radical (unpaired) electrons. The number of nitrogens with zero attached hydrogens (tertiary/aromatic N) is 1. The Kier molecular flexibility index (Phi) is 5.62. The Bertz CT molecular complexity index is 1050. The monoisotopic (exact) mass is 487 g/mol. The fourth-order valence-corrected chi connectivity index (χ4v) is 7.35. The van der Waals surface area contributed by atoms with Crippen LogP contribution in [-0.4, -0.2) is 78.0 Å². The number of phenols is 1. The molecule has 1 saturated carbocycles. The maximum atomic E-state index is 13.0. The molecule has 9 heteroatoms. The van der Waals surface area contributed by atoms with E-state index in [4.69, 9.17) is 19.9 Å². The van der Waals surface area contributed by atoms with Crippen molar-refractivity contribution in [2.75, 3.05) is 20.7 Å². The first-order valence-corrected chi connectivity index (χ1v) is 12.5. The van der Waals surface area contributed by atoms with Gasteiger partial charge in [-0.25, -0.2) is 0 Å². The van der Waals surface area contributed by atoms with Crippen molar-refractivity contribution in [2.24, 2.45) is 5.73 Å². The number of amides is 1. The molecule has 6 atom stereocenters. The molecule has 35 heavy (non-hydrogen) atoms. The van der Waals surface area contributed by atoms with Crippen LogP contribution in [-0.2, 0) is 30.9 Å². The van der Waals surface area contributed by atoms with Crippen molar-refractivity contribution in [2.45, 2.75) is 93.7 Å². The molecule has 0 aromatic heterocycles. The predicted molar refractivity (Wildman–Crippen MR) is 128 cm³/mol. The number of methoxy groups -OCH3 is 1. The average Bonchev–Trinajstić information content (AvgIpc) is 3.13. The zero-order valence-electron chi connectivity index (χ0n) is 21.2. The molecule has 4 aliphatic rings. The van der Waals surface area contributed by atoms with E-state index in [9.17, 15) is 14.7 Å². The predicted octanol–water partition coefficient (Wildman–Crippen LogP) is 1.37. The minimum atomic E-state index is -0.894. The van der Waals surface area contributed by atoms with E-state index in [-0.39, 0.29) is 30.4 Å². The van der Waals surface area contributed by atoms with E-state index in [0.29, 0.717) is 12.2 Å². The minimum Gasteiger partial charge on any atom is -0.504 e. The lowest BCUT2D eigenvalue weighted by molar-refractivity contribution is -0.204. The largest absolute Gasteiger partial charge is 0.504 e. The van der Waals surface area contributed by atoms with Crippen molar-refractivity contribution in [3.05, 3.63) is 23.3 Å². The lowest BCUT2D eigenvalue weighted by atomic mass is 9.48. The quantitative estimate of drug-likeness (QED) is 0.514. The second-order valence-electron chi connectivity index (χ2n) is 11.6. The molecule has 1 aromatic carbocycles. The Labute approximate surface area is 206 Å². The standard InChI is InChI=1S/C26H37N3O6/c1-24(2,3)35-23(32)16(13-19(27)31)28-15-8-9-26(33-5)18-12-14-6-7-17(30)21-20(14)25(26,22(15)34-21)10-11-29(18)4/h6-7,15-16,18,22,28,30H,8-13H2,1-5H3,(H2,27,31)/t15-,16-,18?,22-,25?,26+/m0/s1. The Morgan fingerprint density at radius 2 is 2.09 bits per heavy atom. The fourth-order valence-electron chi connectivity index (χ4n) is 7.35. The summed E-state index contributed by atoms with van der Waals surface area (Å²) < 4.78 is 18.6. The average molecular weight is 488 g/mol. The highest BCUT2D eigenvalue weighted by molar-refractivity contribution is 5.84. The Hall–Kier alpha value is -2.36. The number of piperidine rings is 1. The van der Waals surface area contributed by atoms with Crippen LogP contribution in [0, 0.1) is 0 Å². The summed E-state index contributed by atoms with van der Waals surface area (Å²) in [6, 6.07) is 2.72. The highest BCUT2D eigenvalue weighted by Crippen LogP contribution is 2.66. The second-order valence-corrected chi connectivity index (χ2v) is 11.6. The number of nitrogens with two attached hydrogens (primary N) is 1. The Morgan fingerprint density at radius 3 is 2.74 bits per heavy atom. The van der Waals surface area contributed by atoms with Crippen LogP contribution in [0.2, 0.25) is 0 Å². The van der Waals surface area contributed by atoms with Gasteiger partial charge in [0.25, 0.3) is 0 Å². The SMILES string of the molecule is CO[C@@]12CC[C@H](N[C@@H](CC(N)=O)C(=O)OC(C)(C)C)[C@@H]3Oc4c(O)ccc5c4C31CCN(C)C2C5. The number of carbonyl (C=O) groups is 2. The molecule has 1 amide bonds. The van der Waals surface area contributed by atoms with Crippen molar-refractivity contribution < 1.29 is 28.9 Å². The Morgan fingerprint density at radius 1 is 1.34 bits per heavy atom. The number of ether oxygens (including phenoxy) is 3. The first kappa shape index (κ1) is 24.3. The number of hydrogen-bond acceptors (Lipinski definition) is 8. The van der Waals surface area contributed by atoms with Crippen LogP contribution >= 0.6 is 0 Å². The number of esters is 1. The summed E-state index contributed by atoms with van der Waals surface area (Å²) in [6.07, 6.45) is 2.50. The highest BCUT2D eigenvalue weighted by atomic mass is 16.6. The molecule has 2 heterocycles. The summed E-state index contributed by atoms with van der Waals surface area (Å²) in [5, 5.41) is 14.2. The fraction of sp³-hybridized carbons (Fsp3) is 0.692. The number of rotatable bonds is 6. The van der Waals surface area contributed by atoms with E-state index >= 15 is 0 Å². The molecule has 2 fully saturated rings. The molecule has 4 N–H and O–H groups in total. The van der Waals surface area contributed by atoms with E-state index in [1.54, 1.807) is 33.9 Å². The highest BCUT2D eigenvalue weighted by Gasteiger charge is 2.73. The van der Waals surface area contributed by atoms with Crippen LogP contribution in [0.4, 0.5) is 0 Å². The van der Waals surface area contributed by atoms with Crippen molar-refractivity contribution in [1.82, 2.24) is 10.2 Å². The molecule has 1 saturated heterocycles. The lowest BCUT2D eigenvalue weighted by Gasteiger charge is -2.65. The summed E-state index contributed by atoms with van der Waals surface area (Å²) in [6.45, 7) is 6.25. The lowest BCUT2D eigenvalue weighted by Crippen LogP contribution is -2.78. The number of aromatic hydroxyl groups is 1. The van der Waals surface area contributed by atoms with Gasteiger partial charge in [0.2, 0.25) is 5.91 Å². The van der Waals surface area contributed by atoms with Gasteiger partial charge in [0, 0.05) is 24.8 Å². The summed E-state index contributed by atoms with van der Waals surface area (Å²) in [7, 11) is 3.92. The molecular weight excluding hydrogens is 450 g/mol. The molecule has 2 bridgehead atoms. The molecule has 9 nitrogen and oxygen atoms in total. The van der Waals surface area contributed by atoms with Gasteiger partial charge in [-0.2, -0.15) is 0 Å². The van der Waals surface area contributed by atoms with Gasteiger partial charge in [0.1, 0.15) is 17.7 Å². The van der Waals surface area contributed by atoms with Gasteiger partial charge in [0.15, 0.2) is 11.5 Å². The minimum absolute atomic E-state index is 0.120. The summed E-state index contributed by atoms with van der Waals surface area (Å²) >= 11 is 0. The molecule has 2 aliphatic carbocycles. The normalized spacial score (nSPS) is 34.0. The molecular formula is C26H37N3O6. The zero-order valence-corrected chi connectivity index (χ0v) is 21.2. The number of likely N-dealkylation sites (N-methyl/N-ethyl adjacent to an activating group) is 1. The number of carbonyl (C=O) groups excluding carboxylic acids is 2. The van der Waals surface area contributed by atoms with Crippen LogP contribution in [0.5, 0.6) is 11.5 Å².